The Hall–Kier alpha value is -1.51. The van der Waals surface area contributed by atoms with E-state index in [0.717, 1.165) is 5.56 Å². The molecule has 0 radical (unpaired) electrons. The van der Waals surface area contributed by atoms with Gasteiger partial charge >= 0.3 is 5.97 Å². The van der Waals surface area contributed by atoms with Crippen LogP contribution in [0.3, 0.4) is 0 Å². The lowest BCUT2D eigenvalue weighted by Crippen LogP contribution is -2.60. The third-order valence-corrected chi connectivity index (χ3v) is 3.89. The summed E-state index contributed by atoms with van der Waals surface area (Å²) >= 11 is 0. The van der Waals surface area contributed by atoms with E-state index in [1.807, 2.05) is 30.3 Å². The van der Waals surface area contributed by atoms with Crippen molar-refractivity contribution in [2.75, 3.05) is 20.8 Å². The van der Waals surface area contributed by atoms with Crippen LogP contribution in [-0.2, 0) is 35.1 Å². The summed E-state index contributed by atoms with van der Waals surface area (Å²) in [7, 11) is 3.02. The zero-order chi connectivity index (χ0) is 17.5. The van der Waals surface area contributed by atoms with E-state index < -0.39 is 36.7 Å². The van der Waals surface area contributed by atoms with Gasteiger partial charge in [-0.2, -0.15) is 0 Å². The van der Waals surface area contributed by atoms with E-state index in [2.05, 4.69) is 0 Å². The summed E-state index contributed by atoms with van der Waals surface area (Å²) in [6, 6.07) is 9.59. The number of methoxy groups -OCH3 is 2. The predicted octanol–water partition coefficient (Wildman–Crippen LogP) is 0.882. The van der Waals surface area contributed by atoms with Gasteiger partial charge in [0, 0.05) is 21.1 Å². The molecule has 1 aromatic carbocycles. The SMILES string of the molecule is CO[C@H]1[C@H](OC)[C@@H](OCc2ccccc2)C(O)O[C@@H]1COC(C)=O. The van der Waals surface area contributed by atoms with Gasteiger partial charge in [0.1, 0.15) is 31.0 Å². The highest BCUT2D eigenvalue weighted by molar-refractivity contribution is 5.65. The van der Waals surface area contributed by atoms with Crippen LogP contribution in [0.1, 0.15) is 12.5 Å². The van der Waals surface area contributed by atoms with Crippen molar-refractivity contribution in [1.82, 2.24) is 0 Å². The Morgan fingerprint density at radius 3 is 2.38 bits per heavy atom. The fourth-order valence-corrected chi connectivity index (χ4v) is 2.73. The number of hydrogen-bond acceptors (Lipinski definition) is 7. The molecule has 7 nitrogen and oxygen atoms in total. The molecule has 1 heterocycles. The smallest absolute Gasteiger partial charge is 0.302 e. The zero-order valence-corrected chi connectivity index (χ0v) is 14.1. The lowest BCUT2D eigenvalue weighted by molar-refractivity contribution is -0.306. The summed E-state index contributed by atoms with van der Waals surface area (Å²) < 4.78 is 27.2. The Balaban J connectivity index is 2.04. The third-order valence-electron chi connectivity index (χ3n) is 3.89. The van der Waals surface area contributed by atoms with Crippen molar-refractivity contribution in [1.29, 1.82) is 0 Å². The van der Waals surface area contributed by atoms with Crippen LogP contribution in [0.5, 0.6) is 0 Å². The van der Waals surface area contributed by atoms with E-state index in [4.69, 9.17) is 23.7 Å². The van der Waals surface area contributed by atoms with Gasteiger partial charge in [-0.05, 0) is 5.56 Å². The van der Waals surface area contributed by atoms with Crippen LogP contribution in [0.2, 0.25) is 0 Å². The average molecular weight is 340 g/mol. The molecule has 0 bridgehead atoms. The van der Waals surface area contributed by atoms with Crippen molar-refractivity contribution in [2.24, 2.45) is 0 Å². The molecule has 1 saturated heterocycles. The van der Waals surface area contributed by atoms with Crippen LogP contribution in [0, 0.1) is 0 Å². The van der Waals surface area contributed by atoms with Gasteiger partial charge in [0.05, 0.1) is 6.61 Å². The van der Waals surface area contributed by atoms with Gasteiger partial charge in [-0.1, -0.05) is 30.3 Å². The molecule has 1 aromatic rings. The second kappa shape index (κ2) is 9.10. The first-order valence-corrected chi connectivity index (χ1v) is 7.74. The second-order valence-electron chi connectivity index (χ2n) is 5.53. The Morgan fingerprint density at radius 1 is 1.12 bits per heavy atom. The fourth-order valence-electron chi connectivity index (χ4n) is 2.73. The van der Waals surface area contributed by atoms with Crippen LogP contribution in [0.4, 0.5) is 0 Å². The Labute approximate surface area is 141 Å². The van der Waals surface area contributed by atoms with Gasteiger partial charge in [0.15, 0.2) is 6.29 Å². The van der Waals surface area contributed by atoms with E-state index in [-0.39, 0.29) is 6.61 Å². The molecule has 0 spiro atoms. The number of esters is 1. The van der Waals surface area contributed by atoms with E-state index >= 15 is 0 Å². The first-order valence-electron chi connectivity index (χ1n) is 7.74. The van der Waals surface area contributed by atoms with Crippen molar-refractivity contribution in [3.8, 4) is 0 Å². The van der Waals surface area contributed by atoms with Crippen LogP contribution in [0.15, 0.2) is 30.3 Å². The van der Waals surface area contributed by atoms with Crippen molar-refractivity contribution < 1.29 is 33.6 Å². The van der Waals surface area contributed by atoms with Gasteiger partial charge in [0.2, 0.25) is 0 Å². The maximum Gasteiger partial charge on any atom is 0.302 e. The number of hydrogen-bond donors (Lipinski definition) is 1. The summed E-state index contributed by atoms with van der Waals surface area (Å²) in [5.74, 6) is -0.431. The van der Waals surface area contributed by atoms with Gasteiger partial charge in [-0.15, -0.1) is 0 Å². The molecular weight excluding hydrogens is 316 g/mol. The lowest BCUT2D eigenvalue weighted by Gasteiger charge is -2.43. The van der Waals surface area contributed by atoms with Crippen LogP contribution < -0.4 is 0 Å². The Kier molecular flexibility index (Phi) is 7.14. The number of carbonyl (C=O) groups is 1. The largest absolute Gasteiger partial charge is 0.463 e. The minimum Gasteiger partial charge on any atom is -0.463 e. The highest BCUT2D eigenvalue weighted by Crippen LogP contribution is 2.27. The normalized spacial score (nSPS) is 30.1. The second-order valence-corrected chi connectivity index (χ2v) is 5.53. The number of aliphatic hydroxyl groups excluding tert-OH is 1. The molecule has 2 rings (SSSR count). The standard InChI is InChI=1S/C17H24O7/c1-11(18)22-10-13-14(20-2)15(21-3)16(17(19)24-13)23-9-12-7-5-4-6-8-12/h4-8,13-17,19H,9-10H2,1-3H3/t13-,14-,15+,16-,17?/m1/s1. The summed E-state index contributed by atoms with van der Waals surface area (Å²) in [5.41, 5.74) is 0.968. The van der Waals surface area contributed by atoms with Gasteiger partial charge < -0.3 is 28.8 Å². The number of ether oxygens (including phenoxy) is 5. The zero-order valence-electron chi connectivity index (χ0n) is 14.1. The average Bonchev–Trinajstić information content (AvgIpc) is 2.59. The summed E-state index contributed by atoms with van der Waals surface area (Å²) in [6.45, 7) is 1.58. The van der Waals surface area contributed by atoms with Gasteiger partial charge in [-0.3, -0.25) is 4.79 Å². The number of aliphatic hydroxyl groups is 1. The molecular formula is C17H24O7. The molecule has 5 atom stereocenters. The maximum absolute atomic E-state index is 11.0. The lowest BCUT2D eigenvalue weighted by atomic mass is 9.98. The molecule has 24 heavy (non-hydrogen) atoms. The van der Waals surface area contributed by atoms with Gasteiger partial charge in [-0.25, -0.2) is 0 Å². The Morgan fingerprint density at radius 2 is 1.79 bits per heavy atom. The molecule has 7 heteroatoms. The van der Waals surface area contributed by atoms with Crippen molar-refractivity contribution >= 4 is 5.97 Å². The fraction of sp³-hybridized carbons (Fsp3) is 0.588. The van der Waals surface area contributed by atoms with E-state index in [9.17, 15) is 9.90 Å². The molecule has 0 aliphatic carbocycles. The highest BCUT2D eigenvalue weighted by atomic mass is 16.7. The molecule has 134 valence electrons. The summed E-state index contributed by atoms with van der Waals surface area (Å²) in [5, 5.41) is 10.3. The number of rotatable bonds is 7. The molecule has 0 amide bonds. The van der Waals surface area contributed by atoms with Crippen LogP contribution >= 0.6 is 0 Å². The third kappa shape index (κ3) is 4.75. The molecule has 1 unspecified atom stereocenters. The van der Waals surface area contributed by atoms with Crippen LogP contribution in [0.25, 0.3) is 0 Å². The van der Waals surface area contributed by atoms with E-state index in [0.29, 0.717) is 6.61 Å². The molecule has 1 aliphatic heterocycles. The Bertz CT molecular complexity index is 507. The quantitative estimate of drug-likeness (QED) is 0.738. The van der Waals surface area contributed by atoms with Crippen molar-refractivity contribution in [3.05, 3.63) is 35.9 Å². The van der Waals surface area contributed by atoms with Crippen molar-refractivity contribution in [3.63, 3.8) is 0 Å². The molecule has 1 N–H and O–H groups in total. The summed E-state index contributed by atoms with van der Waals surface area (Å²) in [6.07, 6.45) is -3.70. The minimum absolute atomic E-state index is 0.0316. The summed E-state index contributed by atoms with van der Waals surface area (Å²) in [4.78, 5) is 11.0. The van der Waals surface area contributed by atoms with Gasteiger partial charge in [0.25, 0.3) is 0 Å². The first-order chi connectivity index (χ1) is 11.6. The topological polar surface area (TPSA) is 83.5 Å². The number of benzene rings is 1. The first kappa shape index (κ1) is 18.8. The molecule has 1 aliphatic rings. The van der Waals surface area contributed by atoms with Crippen LogP contribution in [-0.4, -0.2) is 62.6 Å². The highest BCUT2D eigenvalue weighted by Gasteiger charge is 2.47. The van der Waals surface area contributed by atoms with E-state index in [1.54, 1.807) is 0 Å². The molecule has 0 aromatic heterocycles. The maximum atomic E-state index is 11.0. The molecule has 0 saturated carbocycles. The van der Waals surface area contributed by atoms with E-state index in [1.165, 1.54) is 21.1 Å². The minimum atomic E-state index is -1.22. The number of carbonyl (C=O) groups excluding carboxylic acids is 1. The predicted molar refractivity (Wildman–Crippen MR) is 84.1 cm³/mol. The molecule has 1 fully saturated rings. The monoisotopic (exact) mass is 340 g/mol. The van der Waals surface area contributed by atoms with Crippen molar-refractivity contribution in [2.45, 2.75) is 44.2 Å².